The summed E-state index contributed by atoms with van der Waals surface area (Å²) in [5.74, 6) is -1.57. The summed E-state index contributed by atoms with van der Waals surface area (Å²) in [5.41, 5.74) is 0.717. The second-order valence-electron chi connectivity index (χ2n) is 7.22. The Labute approximate surface area is 190 Å². The summed E-state index contributed by atoms with van der Waals surface area (Å²) < 4.78 is 29.1. The predicted octanol–water partition coefficient (Wildman–Crippen LogP) is 3.62. The van der Waals surface area contributed by atoms with Gasteiger partial charge in [0.15, 0.2) is 6.10 Å². The first-order valence-electron chi connectivity index (χ1n) is 9.96. The van der Waals surface area contributed by atoms with Crippen molar-refractivity contribution in [1.82, 2.24) is 0 Å². The van der Waals surface area contributed by atoms with E-state index in [0.29, 0.717) is 17.2 Å². The van der Waals surface area contributed by atoms with Gasteiger partial charge in [0, 0.05) is 36.9 Å². The van der Waals surface area contributed by atoms with Gasteiger partial charge in [-0.1, -0.05) is 0 Å². The number of carbonyl (C=O) groups excluding carboxylic acids is 3. The first-order valence-corrected chi connectivity index (χ1v) is 10.5. The van der Waals surface area contributed by atoms with Crippen LogP contribution in [-0.4, -0.2) is 50.4 Å². The van der Waals surface area contributed by atoms with Gasteiger partial charge in [0.05, 0.1) is 25.8 Å². The Balaban J connectivity index is 1.73. The Bertz CT molecular complexity index is 996. The highest BCUT2D eigenvalue weighted by molar-refractivity contribution is 6.18. The summed E-state index contributed by atoms with van der Waals surface area (Å²) in [4.78, 5) is 39.6. The first kappa shape index (κ1) is 23.5. The number of carbonyl (C=O) groups is 3. The highest BCUT2D eigenvalue weighted by Crippen LogP contribution is 2.36. The Morgan fingerprint density at radius 2 is 1.88 bits per heavy atom. The number of hydrogen-bond donors (Lipinski definition) is 0. The van der Waals surface area contributed by atoms with E-state index in [1.807, 2.05) is 0 Å². The number of halogens is 2. The molecule has 2 aromatic carbocycles. The lowest BCUT2D eigenvalue weighted by molar-refractivity contribution is -0.151. The van der Waals surface area contributed by atoms with E-state index in [0.717, 1.165) is 12.1 Å². The quantitative estimate of drug-likeness (QED) is 0.321. The van der Waals surface area contributed by atoms with Gasteiger partial charge in [0.1, 0.15) is 17.3 Å². The lowest BCUT2D eigenvalue weighted by atomic mass is 10.0. The zero-order chi connectivity index (χ0) is 23.3. The van der Waals surface area contributed by atoms with Gasteiger partial charge in [-0.05, 0) is 36.4 Å². The number of amides is 1. The molecule has 1 aliphatic rings. The molecule has 0 aromatic heterocycles. The molecule has 0 aliphatic carbocycles. The van der Waals surface area contributed by atoms with E-state index in [9.17, 15) is 18.8 Å². The second-order valence-corrected chi connectivity index (χ2v) is 7.60. The van der Waals surface area contributed by atoms with Crippen LogP contribution in [0.4, 0.5) is 10.1 Å². The van der Waals surface area contributed by atoms with Gasteiger partial charge in [-0.2, -0.15) is 0 Å². The van der Waals surface area contributed by atoms with Crippen molar-refractivity contribution in [3.05, 3.63) is 53.8 Å². The molecule has 0 radical (unpaired) electrons. The number of esters is 1. The number of ketones is 1. The number of rotatable bonds is 9. The van der Waals surface area contributed by atoms with E-state index in [2.05, 4.69) is 0 Å². The lowest BCUT2D eigenvalue weighted by Gasteiger charge is -2.21. The Morgan fingerprint density at radius 3 is 2.50 bits per heavy atom. The molecule has 1 saturated heterocycles. The largest absolute Gasteiger partial charge is 0.497 e. The topological polar surface area (TPSA) is 82.1 Å². The molecule has 2 atom stereocenters. The van der Waals surface area contributed by atoms with Crippen LogP contribution >= 0.6 is 11.6 Å². The van der Waals surface area contributed by atoms with Crippen molar-refractivity contribution in [3.8, 4) is 11.5 Å². The third-order valence-corrected chi connectivity index (χ3v) is 5.41. The Morgan fingerprint density at radius 1 is 1.16 bits per heavy atom. The molecule has 0 spiro atoms. The number of anilines is 1. The molecule has 9 heteroatoms. The van der Waals surface area contributed by atoms with Crippen LogP contribution in [0.1, 0.15) is 23.2 Å². The van der Waals surface area contributed by atoms with Gasteiger partial charge in [0.25, 0.3) is 0 Å². The van der Waals surface area contributed by atoms with Crippen molar-refractivity contribution in [1.29, 1.82) is 0 Å². The fraction of sp³-hybridized carbons (Fsp3) is 0.348. The zero-order valence-corrected chi connectivity index (χ0v) is 18.4. The van der Waals surface area contributed by atoms with E-state index in [1.54, 1.807) is 18.2 Å². The number of alkyl halides is 1. The molecule has 1 amide bonds. The highest BCUT2D eigenvalue weighted by atomic mass is 35.5. The normalized spacial score (nSPS) is 16.6. The monoisotopic (exact) mass is 463 g/mol. The van der Waals surface area contributed by atoms with Crippen LogP contribution in [0.15, 0.2) is 42.5 Å². The van der Waals surface area contributed by atoms with Crippen molar-refractivity contribution in [2.24, 2.45) is 5.92 Å². The summed E-state index contributed by atoms with van der Waals surface area (Å²) >= 11 is 5.79. The number of methoxy groups -OCH3 is 2. The SMILES string of the molecule is COc1ccc(N2C[C@@H](C(=O)O[C@H](CCCl)C(=O)c3ccc(F)cc3)CC2=O)c(OC)c1. The number of nitrogens with zero attached hydrogens (tertiary/aromatic N) is 1. The summed E-state index contributed by atoms with van der Waals surface area (Å²) in [5, 5.41) is 0. The first-order chi connectivity index (χ1) is 15.4. The highest BCUT2D eigenvalue weighted by Gasteiger charge is 2.39. The van der Waals surface area contributed by atoms with Crippen LogP contribution in [0.5, 0.6) is 11.5 Å². The lowest BCUT2D eigenvalue weighted by Crippen LogP contribution is -2.32. The van der Waals surface area contributed by atoms with Crippen molar-refractivity contribution >= 4 is 34.9 Å². The van der Waals surface area contributed by atoms with E-state index in [1.165, 1.54) is 31.3 Å². The smallest absolute Gasteiger partial charge is 0.312 e. The molecule has 2 aromatic rings. The minimum Gasteiger partial charge on any atom is -0.497 e. The molecule has 0 saturated carbocycles. The Kier molecular flexibility index (Phi) is 7.69. The Hall–Kier alpha value is -3.13. The summed E-state index contributed by atoms with van der Waals surface area (Å²) in [6, 6.07) is 9.97. The van der Waals surface area contributed by atoms with Crippen LogP contribution in [0.3, 0.4) is 0 Å². The molecule has 0 unspecified atom stereocenters. The van der Waals surface area contributed by atoms with Gasteiger partial charge in [-0.25, -0.2) is 4.39 Å². The standard InChI is InChI=1S/C23H23ClFNO6/c1-30-17-7-8-18(20(12-17)31-2)26-13-15(11-21(26)27)23(29)32-19(9-10-24)22(28)14-3-5-16(25)6-4-14/h3-8,12,15,19H,9-11,13H2,1-2H3/t15-,19+/m0/s1. The van der Waals surface area contributed by atoms with E-state index < -0.39 is 29.6 Å². The fourth-order valence-corrected chi connectivity index (χ4v) is 3.68. The summed E-state index contributed by atoms with van der Waals surface area (Å²) in [7, 11) is 2.99. The van der Waals surface area contributed by atoms with Crippen LogP contribution in [0.25, 0.3) is 0 Å². The number of hydrogen-bond acceptors (Lipinski definition) is 6. The molecule has 3 rings (SSSR count). The van der Waals surface area contributed by atoms with Crippen molar-refractivity contribution in [2.75, 3.05) is 31.5 Å². The van der Waals surface area contributed by atoms with Gasteiger partial charge in [-0.3, -0.25) is 14.4 Å². The minimum absolute atomic E-state index is 0.0631. The molecule has 32 heavy (non-hydrogen) atoms. The van der Waals surface area contributed by atoms with Gasteiger partial charge in [0.2, 0.25) is 11.7 Å². The molecule has 0 bridgehead atoms. The van der Waals surface area contributed by atoms with Crippen molar-refractivity contribution in [3.63, 3.8) is 0 Å². The van der Waals surface area contributed by atoms with Crippen molar-refractivity contribution < 1.29 is 33.0 Å². The molecule has 1 heterocycles. The second kappa shape index (κ2) is 10.5. The zero-order valence-electron chi connectivity index (χ0n) is 17.7. The van der Waals surface area contributed by atoms with Crippen molar-refractivity contribution in [2.45, 2.75) is 18.9 Å². The predicted molar refractivity (Wildman–Crippen MR) is 116 cm³/mol. The average Bonchev–Trinajstić information content (AvgIpc) is 3.19. The maximum atomic E-state index is 13.2. The summed E-state index contributed by atoms with van der Waals surface area (Å²) in [6.07, 6.45) is -1.09. The number of Topliss-reactive ketones (excluding diaryl/α,β-unsaturated/α-hetero) is 1. The van der Waals surface area contributed by atoms with Gasteiger partial charge in [-0.15, -0.1) is 11.6 Å². The molecule has 7 nitrogen and oxygen atoms in total. The fourth-order valence-electron chi connectivity index (χ4n) is 3.49. The average molecular weight is 464 g/mol. The minimum atomic E-state index is -1.12. The van der Waals surface area contributed by atoms with Gasteiger partial charge >= 0.3 is 5.97 Å². The maximum Gasteiger partial charge on any atom is 0.312 e. The third-order valence-electron chi connectivity index (χ3n) is 5.19. The van der Waals surface area contributed by atoms with Crippen LogP contribution in [-0.2, 0) is 14.3 Å². The summed E-state index contributed by atoms with van der Waals surface area (Å²) in [6.45, 7) is 0.0820. The number of benzene rings is 2. The molecular formula is C23H23ClFNO6. The molecule has 1 aliphatic heterocycles. The van der Waals surface area contributed by atoms with Crippen LogP contribution in [0.2, 0.25) is 0 Å². The third kappa shape index (κ3) is 5.19. The molecule has 0 N–H and O–H groups in total. The molecule has 170 valence electrons. The maximum absolute atomic E-state index is 13.2. The van der Waals surface area contributed by atoms with E-state index in [4.69, 9.17) is 25.8 Å². The molecular weight excluding hydrogens is 441 g/mol. The van der Waals surface area contributed by atoms with Gasteiger partial charge < -0.3 is 19.1 Å². The van der Waals surface area contributed by atoms with E-state index >= 15 is 0 Å². The van der Waals surface area contributed by atoms with Crippen LogP contribution < -0.4 is 14.4 Å². The van der Waals surface area contributed by atoms with E-state index in [-0.39, 0.29) is 36.7 Å². The number of ether oxygens (including phenoxy) is 3. The van der Waals surface area contributed by atoms with Crippen LogP contribution in [0, 0.1) is 11.7 Å². The molecule has 1 fully saturated rings.